The zero-order valence-electron chi connectivity index (χ0n) is 38.2. The molecule has 1 aliphatic carbocycles. The first-order chi connectivity index (χ1) is 34.7. The van der Waals surface area contributed by atoms with Crippen molar-refractivity contribution in [2.45, 2.75) is 11.6 Å². The number of allylic oxidation sites excluding steroid dienone is 1. The number of benzene rings is 10. The fourth-order valence-corrected chi connectivity index (χ4v) is 11.6. The normalized spacial score (nSPS) is 15.1. The number of rotatable bonds is 6. The molecule has 1 aromatic heterocycles. The number of hydrogen-bond acceptors (Lipinski definition) is 4. The number of nitrogens with one attached hydrogen (secondary N) is 1. The number of anilines is 3. The number of aromatic nitrogens is 1. The molecular weight excluding hydrogens is 849 g/mol. The van der Waals surface area contributed by atoms with E-state index in [0.29, 0.717) is 0 Å². The number of nitrogens with zero attached hydrogens (tertiary/aromatic N) is 3. The van der Waals surface area contributed by atoms with Crippen molar-refractivity contribution in [3.63, 3.8) is 0 Å². The van der Waals surface area contributed by atoms with Crippen molar-refractivity contribution in [2.75, 3.05) is 4.90 Å². The first-order valence-corrected chi connectivity index (χ1v) is 24.1. The third kappa shape index (κ3) is 6.10. The molecule has 1 N–H and O–H groups in total. The van der Waals surface area contributed by atoms with Gasteiger partial charge in [0.15, 0.2) is 0 Å². The largest absolute Gasteiger partial charge is 0.360 e. The van der Waals surface area contributed by atoms with Gasteiger partial charge in [-0.3, -0.25) is 4.99 Å². The summed E-state index contributed by atoms with van der Waals surface area (Å²) in [6.45, 7) is 0. The number of hydrogen-bond donors (Lipinski definition) is 1. The van der Waals surface area contributed by atoms with E-state index in [-0.39, 0.29) is 6.17 Å². The minimum absolute atomic E-state index is 0.220. The van der Waals surface area contributed by atoms with Gasteiger partial charge in [-0.15, -0.1) is 0 Å². The van der Waals surface area contributed by atoms with Gasteiger partial charge < -0.3 is 10.2 Å². The van der Waals surface area contributed by atoms with Crippen molar-refractivity contribution < 1.29 is 0 Å². The molecule has 0 fully saturated rings. The average Bonchev–Trinajstić information content (AvgIpc) is 3.73. The summed E-state index contributed by atoms with van der Waals surface area (Å²) in [7, 11) is 0. The number of fused-ring (bicyclic) bond motifs is 12. The second kappa shape index (κ2) is 16.0. The molecule has 70 heavy (non-hydrogen) atoms. The Bertz CT molecular complexity index is 3850. The Morgan fingerprint density at radius 3 is 1.71 bits per heavy atom. The van der Waals surface area contributed by atoms with E-state index in [1.165, 1.54) is 55.7 Å². The lowest BCUT2D eigenvalue weighted by Gasteiger charge is -2.45. The highest BCUT2D eigenvalue weighted by molar-refractivity contribution is 6.15. The highest BCUT2D eigenvalue weighted by atomic mass is 15.2. The third-order valence-electron chi connectivity index (χ3n) is 14.7. The van der Waals surface area contributed by atoms with Crippen LogP contribution in [0.1, 0.15) is 45.1 Å². The van der Waals surface area contributed by atoms with Crippen LogP contribution in [0.25, 0.3) is 60.9 Å². The molecule has 0 saturated heterocycles. The van der Waals surface area contributed by atoms with Crippen LogP contribution in [0, 0.1) is 0 Å². The van der Waals surface area contributed by atoms with Crippen LogP contribution in [0.3, 0.4) is 0 Å². The van der Waals surface area contributed by atoms with Gasteiger partial charge in [-0.1, -0.05) is 206 Å². The molecule has 0 amide bonds. The molecule has 3 heterocycles. The number of aliphatic imine (C=N–C) groups is 1. The Morgan fingerprint density at radius 2 is 1.00 bits per heavy atom. The van der Waals surface area contributed by atoms with E-state index in [0.717, 1.165) is 66.9 Å². The van der Waals surface area contributed by atoms with Gasteiger partial charge in [0.2, 0.25) is 0 Å². The van der Waals surface area contributed by atoms with Crippen LogP contribution in [0.15, 0.2) is 260 Å². The van der Waals surface area contributed by atoms with Gasteiger partial charge in [0, 0.05) is 27.7 Å². The lowest BCUT2D eigenvalue weighted by molar-refractivity contribution is 0.664. The summed E-state index contributed by atoms with van der Waals surface area (Å²) in [5.41, 5.74) is 21.1. The van der Waals surface area contributed by atoms with Gasteiger partial charge in [-0.05, 0) is 115 Å². The summed E-state index contributed by atoms with van der Waals surface area (Å²) in [6, 6.07) is 90.4. The van der Waals surface area contributed by atoms with Crippen LogP contribution in [-0.2, 0) is 5.41 Å². The molecule has 1 atom stereocenters. The summed E-state index contributed by atoms with van der Waals surface area (Å²) < 4.78 is 0. The predicted octanol–water partition coefficient (Wildman–Crippen LogP) is 16.0. The molecule has 10 aromatic carbocycles. The molecule has 1 unspecified atom stereocenters. The standard InChI is InChI=1S/C66H44N4/c1-5-20-44(21-6-1)59-42-60(69-65(68-59)47-24-9-3-10-25-47)45-38-36-43(37-39-45)49-29-19-32-56-63(49)53-40-52-51(50-28-13-16-33-58(50)67-64(52)46-22-7-2-8-23-46)41-57(53)66(56)54-30-14-17-34-61(54)70(48-26-11-4-12-27-48)62-35-18-15-31-55(62)66/h1-42,65,69H. The average molecular weight is 893 g/mol. The van der Waals surface area contributed by atoms with Crippen LogP contribution < -0.4 is 10.2 Å². The molecule has 1 spiro atoms. The van der Waals surface area contributed by atoms with E-state index in [4.69, 9.17) is 9.98 Å². The van der Waals surface area contributed by atoms with E-state index < -0.39 is 5.41 Å². The first-order valence-electron chi connectivity index (χ1n) is 24.1. The maximum Gasteiger partial charge on any atom is 0.145 e. The highest BCUT2D eigenvalue weighted by Crippen LogP contribution is 2.65. The van der Waals surface area contributed by atoms with Crippen LogP contribution >= 0.6 is 0 Å². The van der Waals surface area contributed by atoms with Crippen molar-refractivity contribution in [1.82, 2.24) is 10.3 Å². The van der Waals surface area contributed by atoms with Crippen molar-refractivity contribution >= 4 is 50.1 Å². The zero-order chi connectivity index (χ0) is 46.2. The van der Waals surface area contributed by atoms with Gasteiger partial charge >= 0.3 is 0 Å². The van der Waals surface area contributed by atoms with E-state index in [1.807, 2.05) is 0 Å². The summed E-state index contributed by atoms with van der Waals surface area (Å²) in [6.07, 6.45) is 1.97. The minimum atomic E-state index is -0.652. The molecule has 2 aliphatic heterocycles. The van der Waals surface area contributed by atoms with Gasteiger partial charge in [0.25, 0.3) is 0 Å². The summed E-state index contributed by atoms with van der Waals surface area (Å²) >= 11 is 0. The van der Waals surface area contributed by atoms with Crippen molar-refractivity contribution in [3.8, 4) is 33.5 Å². The monoisotopic (exact) mass is 892 g/mol. The van der Waals surface area contributed by atoms with Gasteiger partial charge in [-0.2, -0.15) is 0 Å². The first kappa shape index (κ1) is 40.0. The SMILES string of the molecule is C1=C(c2ccc(-c3cccc4c3-c3cc5c(-c6ccccc6)nc6ccccc6c5cc3C43c4ccccc4N(c4ccccc4)c4ccccc43)cc2)NC(c2ccccc2)N=C1c1ccccc1. The van der Waals surface area contributed by atoms with E-state index in [9.17, 15) is 0 Å². The lowest BCUT2D eigenvalue weighted by atomic mass is 9.64. The van der Waals surface area contributed by atoms with Crippen LogP contribution in [-0.4, -0.2) is 10.7 Å². The molecule has 0 radical (unpaired) electrons. The molecular formula is C66H44N4. The molecule has 0 bridgehead atoms. The molecule has 0 saturated carbocycles. The number of pyridine rings is 1. The summed E-state index contributed by atoms with van der Waals surface area (Å²) in [5, 5.41) is 7.26. The fourth-order valence-electron chi connectivity index (χ4n) is 11.6. The second-order valence-corrected chi connectivity index (χ2v) is 18.4. The van der Waals surface area contributed by atoms with E-state index >= 15 is 0 Å². The van der Waals surface area contributed by atoms with Gasteiger partial charge in [-0.25, -0.2) is 4.98 Å². The topological polar surface area (TPSA) is 40.5 Å². The molecule has 328 valence electrons. The second-order valence-electron chi connectivity index (χ2n) is 18.4. The number of para-hydroxylation sites is 4. The Kier molecular flexibility index (Phi) is 9.15. The molecule has 14 rings (SSSR count). The maximum absolute atomic E-state index is 5.43. The Balaban J connectivity index is 1.02. The lowest BCUT2D eigenvalue weighted by Crippen LogP contribution is -2.36. The van der Waals surface area contributed by atoms with Crippen molar-refractivity contribution in [3.05, 3.63) is 294 Å². The van der Waals surface area contributed by atoms with Gasteiger partial charge in [0.05, 0.1) is 33.7 Å². The fraction of sp³-hybridized carbons (Fsp3) is 0.0303. The smallest absolute Gasteiger partial charge is 0.145 e. The Morgan fingerprint density at radius 1 is 0.414 bits per heavy atom. The summed E-state index contributed by atoms with van der Waals surface area (Å²) in [5.74, 6) is 0. The third-order valence-corrected chi connectivity index (χ3v) is 14.7. The molecule has 4 nitrogen and oxygen atoms in total. The molecule has 3 aliphatic rings. The minimum Gasteiger partial charge on any atom is -0.360 e. The maximum atomic E-state index is 5.43. The van der Waals surface area contributed by atoms with Crippen LogP contribution in [0.4, 0.5) is 17.1 Å². The predicted molar refractivity (Wildman–Crippen MR) is 289 cm³/mol. The van der Waals surface area contributed by atoms with Crippen molar-refractivity contribution in [2.24, 2.45) is 4.99 Å². The zero-order valence-corrected chi connectivity index (χ0v) is 38.2. The van der Waals surface area contributed by atoms with Crippen LogP contribution in [0.5, 0.6) is 0 Å². The molecule has 11 aromatic rings. The quantitative estimate of drug-likeness (QED) is 0.169. The highest BCUT2D eigenvalue weighted by Gasteiger charge is 2.52. The van der Waals surface area contributed by atoms with Crippen LogP contribution in [0.2, 0.25) is 0 Å². The van der Waals surface area contributed by atoms with Crippen molar-refractivity contribution in [1.29, 1.82) is 0 Å². The Labute approximate surface area is 407 Å². The van der Waals surface area contributed by atoms with E-state index in [2.05, 4.69) is 265 Å². The van der Waals surface area contributed by atoms with Gasteiger partial charge in [0.1, 0.15) is 6.17 Å². The van der Waals surface area contributed by atoms with E-state index in [1.54, 1.807) is 0 Å². The molecule has 4 heteroatoms. The summed E-state index contributed by atoms with van der Waals surface area (Å²) in [4.78, 5) is 13.1. The Hall–Kier alpha value is -9.12.